The van der Waals surface area contributed by atoms with Gasteiger partial charge in [-0.3, -0.25) is 4.79 Å². The number of hydrogen-bond acceptors (Lipinski definition) is 5. The van der Waals surface area contributed by atoms with E-state index in [-0.39, 0.29) is 41.9 Å². The van der Waals surface area contributed by atoms with Crippen LogP contribution in [0.25, 0.3) is 0 Å². The second kappa shape index (κ2) is 9.76. The van der Waals surface area contributed by atoms with Crippen molar-refractivity contribution in [3.8, 4) is 11.8 Å². The predicted octanol–water partition coefficient (Wildman–Crippen LogP) is 3.52. The summed E-state index contributed by atoms with van der Waals surface area (Å²) in [4.78, 5) is 24.2. The first kappa shape index (κ1) is 21.1. The monoisotopic (exact) mass is 396 g/mol. The van der Waals surface area contributed by atoms with Crippen LogP contribution in [0.5, 0.6) is 0 Å². The Morgan fingerprint density at radius 1 is 1.34 bits per heavy atom. The van der Waals surface area contributed by atoms with E-state index in [1.807, 2.05) is 26.0 Å². The van der Waals surface area contributed by atoms with Gasteiger partial charge in [0.05, 0.1) is 18.1 Å². The number of carbonyl (C=O) groups excluding carboxylic acids is 2. The first-order valence-corrected chi connectivity index (χ1v) is 10.3. The number of carbonyl (C=O) groups is 2. The van der Waals surface area contributed by atoms with Crippen LogP contribution in [0.2, 0.25) is 0 Å². The fourth-order valence-electron chi connectivity index (χ4n) is 3.98. The lowest BCUT2D eigenvalue weighted by atomic mass is 9.90. The highest BCUT2D eigenvalue weighted by atomic mass is 16.6. The van der Waals surface area contributed by atoms with Crippen molar-refractivity contribution in [3.63, 3.8) is 0 Å². The predicted molar refractivity (Wildman–Crippen MR) is 109 cm³/mol. The number of esters is 2. The zero-order valence-electron chi connectivity index (χ0n) is 16.9. The van der Waals surface area contributed by atoms with E-state index in [9.17, 15) is 14.7 Å². The van der Waals surface area contributed by atoms with E-state index in [4.69, 9.17) is 9.47 Å². The van der Waals surface area contributed by atoms with Crippen LogP contribution >= 0.6 is 0 Å². The lowest BCUT2D eigenvalue weighted by Gasteiger charge is -2.21. The molecule has 0 bridgehead atoms. The zero-order chi connectivity index (χ0) is 20.8. The van der Waals surface area contributed by atoms with Crippen molar-refractivity contribution in [1.82, 2.24) is 0 Å². The molecule has 1 aliphatic heterocycles. The number of fused-ring (bicyclic) bond motifs is 1. The minimum atomic E-state index is -0.649. The van der Waals surface area contributed by atoms with Gasteiger partial charge in [-0.15, -0.1) is 11.8 Å². The lowest BCUT2D eigenvalue weighted by Crippen LogP contribution is -2.25. The van der Waals surface area contributed by atoms with E-state index < -0.39 is 6.10 Å². The molecule has 1 aliphatic carbocycles. The van der Waals surface area contributed by atoms with Gasteiger partial charge in [0, 0.05) is 31.1 Å². The fourth-order valence-corrected chi connectivity index (χ4v) is 3.98. The van der Waals surface area contributed by atoms with Crippen molar-refractivity contribution < 1.29 is 24.2 Å². The van der Waals surface area contributed by atoms with E-state index in [1.54, 1.807) is 30.3 Å². The molecule has 1 aromatic rings. The molecule has 154 valence electrons. The third kappa shape index (κ3) is 5.27. The standard InChI is InChI=1S/C24H28O5/c1-3-4-6-9-16(2)20(25)13-12-18-19-14-23(26)28-22(19)15-21(18)29-24(27)17-10-7-5-8-11-17/h5,7-8,10-13,16,18-22,25H,3,9,14-15H2,1-2H3/b13-12+/t16?,18-,19-,20-,21-,22+/m1/s1. The topological polar surface area (TPSA) is 72.8 Å². The number of hydrogen-bond donors (Lipinski definition) is 1. The molecule has 3 rings (SSSR count). The highest BCUT2D eigenvalue weighted by Crippen LogP contribution is 2.43. The maximum absolute atomic E-state index is 12.5. The van der Waals surface area contributed by atoms with Crippen LogP contribution in [0.15, 0.2) is 42.5 Å². The fraction of sp³-hybridized carbons (Fsp3) is 0.500. The van der Waals surface area contributed by atoms with E-state index in [1.165, 1.54) is 0 Å². The SMILES string of the molecule is CCC#CCC(C)[C@H](O)/C=C/[C@@H]1[C@H]2CC(=O)O[C@H]2C[C@H]1OC(=O)c1ccccc1. The quantitative estimate of drug-likeness (QED) is 0.452. The maximum atomic E-state index is 12.5. The summed E-state index contributed by atoms with van der Waals surface area (Å²) in [6.07, 6.45) is 4.58. The van der Waals surface area contributed by atoms with Crippen LogP contribution in [0.3, 0.4) is 0 Å². The Bertz CT molecular complexity index is 804. The first-order valence-electron chi connectivity index (χ1n) is 10.3. The number of aliphatic hydroxyl groups excluding tert-OH is 1. The second-order valence-electron chi connectivity index (χ2n) is 7.78. The molecule has 1 saturated heterocycles. The third-order valence-electron chi connectivity index (χ3n) is 5.66. The zero-order valence-corrected chi connectivity index (χ0v) is 16.9. The normalized spacial score (nSPS) is 27.6. The molecule has 1 N–H and O–H groups in total. The molecule has 29 heavy (non-hydrogen) atoms. The van der Waals surface area contributed by atoms with E-state index in [0.717, 1.165) is 6.42 Å². The lowest BCUT2D eigenvalue weighted by molar-refractivity contribution is -0.141. The molecule has 1 aromatic carbocycles. The number of aliphatic hydroxyl groups is 1. The minimum absolute atomic E-state index is 0.00530. The molecule has 6 atom stereocenters. The van der Waals surface area contributed by atoms with Gasteiger partial charge < -0.3 is 14.6 Å². The summed E-state index contributed by atoms with van der Waals surface area (Å²) < 4.78 is 11.2. The molecule has 1 heterocycles. The summed E-state index contributed by atoms with van der Waals surface area (Å²) in [5, 5.41) is 10.5. The average Bonchev–Trinajstić information content (AvgIpc) is 3.22. The Morgan fingerprint density at radius 2 is 2.10 bits per heavy atom. The minimum Gasteiger partial charge on any atom is -0.462 e. The van der Waals surface area contributed by atoms with Crippen LogP contribution in [-0.4, -0.2) is 35.4 Å². The van der Waals surface area contributed by atoms with Crippen molar-refractivity contribution in [1.29, 1.82) is 0 Å². The summed E-state index contributed by atoms with van der Waals surface area (Å²) in [5.74, 6) is 5.28. The summed E-state index contributed by atoms with van der Waals surface area (Å²) in [6.45, 7) is 3.94. The molecule has 0 spiro atoms. The Balaban J connectivity index is 1.69. The van der Waals surface area contributed by atoms with Crippen LogP contribution in [0, 0.1) is 29.6 Å². The Morgan fingerprint density at radius 3 is 2.83 bits per heavy atom. The molecular formula is C24H28O5. The molecular weight excluding hydrogens is 368 g/mol. The highest BCUT2D eigenvalue weighted by Gasteiger charge is 2.50. The van der Waals surface area contributed by atoms with Crippen molar-refractivity contribution in [2.45, 2.75) is 57.8 Å². The van der Waals surface area contributed by atoms with Gasteiger partial charge in [-0.25, -0.2) is 4.79 Å². The Labute approximate surface area is 172 Å². The van der Waals surface area contributed by atoms with Crippen molar-refractivity contribution in [3.05, 3.63) is 48.0 Å². The molecule has 0 aromatic heterocycles. The van der Waals surface area contributed by atoms with Crippen LogP contribution < -0.4 is 0 Å². The van der Waals surface area contributed by atoms with Crippen LogP contribution in [0.4, 0.5) is 0 Å². The van der Waals surface area contributed by atoms with Crippen LogP contribution in [0.1, 0.15) is 49.9 Å². The third-order valence-corrected chi connectivity index (χ3v) is 5.66. The molecule has 1 saturated carbocycles. The van der Waals surface area contributed by atoms with Crippen molar-refractivity contribution >= 4 is 11.9 Å². The number of rotatable bonds is 6. The van der Waals surface area contributed by atoms with Gasteiger partial charge in [0.15, 0.2) is 0 Å². The molecule has 2 fully saturated rings. The molecule has 2 aliphatic rings. The maximum Gasteiger partial charge on any atom is 0.338 e. The van der Waals surface area contributed by atoms with E-state index in [0.29, 0.717) is 24.8 Å². The van der Waals surface area contributed by atoms with Gasteiger partial charge in [0.25, 0.3) is 0 Å². The van der Waals surface area contributed by atoms with Crippen molar-refractivity contribution in [2.24, 2.45) is 17.8 Å². The molecule has 1 unspecified atom stereocenters. The molecule has 5 heteroatoms. The molecule has 0 amide bonds. The van der Waals surface area contributed by atoms with Gasteiger partial charge in [0.1, 0.15) is 12.2 Å². The number of ether oxygens (including phenoxy) is 2. The second-order valence-corrected chi connectivity index (χ2v) is 7.78. The summed E-state index contributed by atoms with van der Waals surface area (Å²) in [7, 11) is 0. The van der Waals surface area contributed by atoms with E-state index in [2.05, 4.69) is 11.8 Å². The molecule has 5 nitrogen and oxygen atoms in total. The summed E-state index contributed by atoms with van der Waals surface area (Å²) in [5.41, 5.74) is 0.493. The summed E-state index contributed by atoms with van der Waals surface area (Å²) >= 11 is 0. The van der Waals surface area contributed by atoms with Crippen molar-refractivity contribution in [2.75, 3.05) is 0 Å². The molecule has 0 radical (unpaired) electrons. The number of benzene rings is 1. The van der Waals surface area contributed by atoms with Gasteiger partial charge in [-0.1, -0.05) is 44.2 Å². The smallest absolute Gasteiger partial charge is 0.338 e. The largest absolute Gasteiger partial charge is 0.462 e. The Kier molecular flexibility index (Phi) is 7.11. The van der Waals surface area contributed by atoms with Gasteiger partial charge in [-0.05, 0) is 18.1 Å². The highest BCUT2D eigenvalue weighted by molar-refractivity contribution is 5.89. The first-order chi connectivity index (χ1) is 14.0. The van der Waals surface area contributed by atoms with Crippen LogP contribution in [-0.2, 0) is 14.3 Å². The van der Waals surface area contributed by atoms with Gasteiger partial charge in [0.2, 0.25) is 0 Å². The van der Waals surface area contributed by atoms with Gasteiger partial charge >= 0.3 is 11.9 Å². The average molecular weight is 396 g/mol. The Hall–Kier alpha value is -2.58. The van der Waals surface area contributed by atoms with Gasteiger partial charge in [-0.2, -0.15) is 0 Å². The summed E-state index contributed by atoms with van der Waals surface area (Å²) in [6, 6.07) is 8.85. The van der Waals surface area contributed by atoms with E-state index >= 15 is 0 Å².